The van der Waals surface area contributed by atoms with Crippen molar-refractivity contribution in [3.05, 3.63) is 24.3 Å². The van der Waals surface area contributed by atoms with Gasteiger partial charge in [0.15, 0.2) is 0 Å². The van der Waals surface area contributed by atoms with Crippen molar-refractivity contribution in [1.82, 2.24) is 0 Å². The van der Waals surface area contributed by atoms with Crippen LogP contribution in [0.3, 0.4) is 0 Å². The van der Waals surface area contributed by atoms with Gasteiger partial charge in [-0.15, -0.1) is 0 Å². The van der Waals surface area contributed by atoms with Crippen LogP contribution in [0.4, 0.5) is 5.69 Å². The zero-order chi connectivity index (χ0) is 12.8. The number of aromatic hydroxyl groups is 1. The summed E-state index contributed by atoms with van der Waals surface area (Å²) in [5.74, 6) is 1.28. The normalized spacial score (nSPS) is 24.5. The van der Waals surface area contributed by atoms with Crippen LogP contribution in [0.5, 0.6) is 5.75 Å². The molecule has 2 nitrogen and oxygen atoms in total. The Bertz CT molecular complexity index is 364. The lowest BCUT2D eigenvalue weighted by Gasteiger charge is -2.18. The molecule has 18 heavy (non-hydrogen) atoms. The van der Waals surface area contributed by atoms with Gasteiger partial charge in [0.05, 0.1) is 0 Å². The van der Waals surface area contributed by atoms with Crippen molar-refractivity contribution in [3.8, 4) is 5.75 Å². The van der Waals surface area contributed by atoms with Gasteiger partial charge >= 0.3 is 0 Å². The molecule has 2 unspecified atom stereocenters. The zero-order valence-corrected chi connectivity index (χ0v) is 11.4. The van der Waals surface area contributed by atoms with Gasteiger partial charge in [-0.1, -0.05) is 38.7 Å². The van der Waals surface area contributed by atoms with Gasteiger partial charge in [-0.2, -0.15) is 0 Å². The van der Waals surface area contributed by atoms with Gasteiger partial charge in [-0.25, -0.2) is 0 Å². The highest BCUT2D eigenvalue weighted by atomic mass is 16.3. The van der Waals surface area contributed by atoms with Crippen molar-refractivity contribution in [3.63, 3.8) is 0 Å². The van der Waals surface area contributed by atoms with Gasteiger partial charge < -0.3 is 10.4 Å². The average Bonchev–Trinajstić information content (AvgIpc) is 2.56. The van der Waals surface area contributed by atoms with E-state index in [0.717, 1.165) is 11.6 Å². The predicted octanol–water partition coefficient (Wildman–Crippen LogP) is 4.55. The molecule has 0 heterocycles. The summed E-state index contributed by atoms with van der Waals surface area (Å²) in [5, 5.41) is 13.0. The van der Waals surface area contributed by atoms with Gasteiger partial charge in [-0.05, 0) is 37.3 Å². The molecule has 1 aromatic rings. The molecular formula is C16H25NO. The Morgan fingerprint density at radius 3 is 2.89 bits per heavy atom. The molecule has 0 amide bonds. The number of hydrogen-bond donors (Lipinski definition) is 2. The number of phenols is 1. The molecule has 0 radical (unpaired) electrons. The topological polar surface area (TPSA) is 32.3 Å². The smallest absolute Gasteiger partial charge is 0.117 e. The second-order valence-corrected chi connectivity index (χ2v) is 5.55. The van der Waals surface area contributed by atoms with Crippen LogP contribution in [-0.4, -0.2) is 11.1 Å². The van der Waals surface area contributed by atoms with Crippen molar-refractivity contribution in [2.45, 2.75) is 57.9 Å². The Hall–Kier alpha value is -1.18. The molecule has 1 saturated carbocycles. The summed E-state index contributed by atoms with van der Waals surface area (Å²) in [7, 11) is 0. The lowest BCUT2D eigenvalue weighted by atomic mass is 9.95. The minimum Gasteiger partial charge on any atom is -0.508 e. The van der Waals surface area contributed by atoms with Crippen molar-refractivity contribution in [2.24, 2.45) is 5.92 Å². The van der Waals surface area contributed by atoms with Gasteiger partial charge in [0.25, 0.3) is 0 Å². The first-order chi connectivity index (χ1) is 8.78. The number of anilines is 1. The molecule has 2 rings (SSSR count). The number of nitrogens with one attached hydrogen (secondary N) is 1. The van der Waals surface area contributed by atoms with E-state index in [0.29, 0.717) is 11.8 Å². The maximum absolute atomic E-state index is 9.47. The highest BCUT2D eigenvalue weighted by molar-refractivity contribution is 5.48. The molecule has 1 aromatic carbocycles. The number of phenolic OH excluding ortho intramolecular Hbond substituents is 1. The molecule has 1 fully saturated rings. The third kappa shape index (κ3) is 3.94. The molecule has 1 aliphatic carbocycles. The van der Waals surface area contributed by atoms with E-state index >= 15 is 0 Å². The second kappa shape index (κ2) is 6.67. The van der Waals surface area contributed by atoms with Crippen LogP contribution < -0.4 is 5.32 Å². The monoisotopic (exact) mass is 247 g/mol. The summed E-state index contributed by atoms with van der Waals surface area (Å²) in [5.41, 5.74) is 1.05. The van der Waals surface area contributed by atoms with Crippen LogP contribution in [0.2, 0.25) is 0 Å². The molecule has 100 valence electrons. The lowest BCUT2D eigenvalue weighted by Crippen LogP contribution is -2.18. The minimum atomic E-state index is 0.345. The molecule has 0 aromatic heterocycles. The molecule has 2 N–H and O–H groups in total. The van der Waals surface area contributed by atoms with Crippen LogP contribution >= 0.6 is 0 Å². The van der Waals surface area contributed by atoms with E-state index in [1.807, 2.05) is 18.2 Å². The SMILES string of the molecule is CCCC1CCCC(Nc2cccc(O)c2)CC1. The van der Waals surface area contributed by atoms with E-state index in [2.05, 4.69) is 12.2 Å². The van der Waals surface area contributed by atoms with E-state index < -0.39 is 0 Å². The quantitative estimate of drug-likeness (QED) is 0.765. The maximum atomic E-state index is 9.47. The minimum absolute atomic E-state index is 0.345. The second-order valence-electron chi connectivity index (χ2n) is 5.55. The molecule has 0 bridgehead atoms. The highest BCUT2D eigenvalue weighted by Gasteiger charge is 2.18. The summed E-state index contributed by atoms with van der Waals surface area (Å²) in [4.78, 5) is 0. The first-order valence-corrected chi connectivity index (χ1v) is 7.33. The Kier molecular flexibility index (Phi) is 4.91. The van der Waals surface area contributed by atoms with Crippen LogP contribution in [-0.2, 0) is 0 Å². The zero-order valence-electron chi connectivity index (χ0n) is 11.4. The summed E-state index contributed by atoms with van der Waals surface area (Å²) in [6.45, 7) is 2.29. The molecule has 2 heteroatoms. The third-order valence-corrected chi connectivity index (χ3v) is 4.00. The van der Waals surface area contributed by atoms with E-state index in [-0.39, 0.29) is 0 Å². The summed E-state index contributed by atoms with van der Waals surface area (Å²) in [6.07, 6.45) is 9.31. The van der Waals surface area contributed by atoms with Crippen LogP contribution in [0, 0.1) is 5.92 Å². The molecular weight excluding hydrogens is 222 g/mol. The standard InChI is InChI=1S/C16H25NO/c1-2-5-13-6-3-7-14(11-10-13)17-15-8-4-9-16(18)12-15/h4,8-9,12-14,17-18H,2-3,5-7,10-11H2,1H3. The number of rotatable bonds is 4. The van der Waals surface area contributed by atoms with E-state index in [9.17, 15) is 5.11 Å². The molecule has 0 saturated heterocycles. The van der Waals surface area contributed by atoms with Gasteiger partial charge in [0, 0.05) is 17.8 Å². The van der Waals surface area contributed by atoms with Crippen LogP contribution in [0.15, 0.2) is 24.3 Å². The van der Waals surface area contributed by atoms with Crippen LogP contribution in [0.1, 0.15) is 51.9 Å². The fraction of sp³-hybridized carbons (Fsp3) is 0.625. The maximum Gasteiger partial charge on any atom is 0.117 e. The summed E-state index contributed by atoms with van der Waals surface area (Å²) < 4.78 is 0. The fourth-order valence-electron chi connectivity index (χ4n) is 3.05. The summed E-state index contributed by atoms with van der Waals surface area (Å²) in [6, 6.07) is 8.04. The fourth-order valence-corrected chi connectivity index (χ4v) is 3.05. The highest BCUT2D eigenvalue weighted by Crippen LogP contribution is 2.28. The Morgan fingerprint density at radius 2 is 2.11 bits per heavy atom. The Labute approximate surface area is 110 Å². The van der Waals surface area contributed by atoms with Crippen molar-refractivity contribution < 1.29 is 5.11 Å². The molecule has 0 spiro atoms. The van der Waals surface area contributed by atoms with Gasteiger partial charge in [0.2, 0.25) is 0 Å². The van der Waals surface area contributed by atoms with Crippen molar-refractivity contribution >= 4 is 5.69 Å². The summed E-state index contributed by atoms with van der Waals surface area (Å²) >= 11 is 0. The van der Waals surface area contributed by atoms with Gasteiger partial charge in [0.1, 0.15) is 5.75 Å². The first kappa shape index (κ1) is 13.3. The lowest BCUT2D eigenvalue weighted by molar-refractivity contribution is 0.422. The molecule has 2 atom stereocenters. The predicted molar refractivity (Wildman–Crippen MR) is 77.0 cm³/mol. The molecule has 0 aliphatic heterocycles. The van der Waals surface area contributed by atoms with Crippen molar-refractivity contribution in [2.75, 3.05) is 5.32 Å². The number of hydrogen-bond acceptors (Lipinski definition) is 2. The van der Waals surface area contributed by atoms with Crippen LogP contribution in [0.25, 0.3) is 0 Å². The molecule has 1 aliphatic rings. The largest absolute Gasteiger partial charge is 0.508 e. The van der Waals surface area contributed by atoms with E-state index in [4.69, 9.17) is 0 Å². The van der Waals surface area contributed by atoms with Gasteiger partial charge in [-0.3, -0.25) is 0 Å². The third-order valence-electron chi connectivity index (χ3n) is 4.00. The Balaban J connectivity index is 1.87. The number of benzene rings is 1. The first-order valence-electron chi connectivity index (χ1n) is 7.33. The van der Waals surface area contributed by atoms with E-state index in [1.54, 1.807) is 6.07 Å². The average molecular weight is 247 g/mol. The van der Waals surface area contributed by atoms with Crippen molar-refractivity contribution in [1.29, 1.82) is 0 Å². The van der Waals surface area contributed by atoms with E-state index in [1.165, 1.54) is 44.9 Å². The Morgan fingerprint density at radius 1 is 1.22 bits per heavy atom.